The van der Waals surface area contributed by atoms with Crippen molar-refractivity contribution in [2.75, 3.05) is 32.0 Å². The molecule has 1 fully saturated rings. The van der Waals surface area contributed by atoms with Crippen molar-refractivity contribution < 1.29 is 4.79 Å². The molecule has 0 bridgehead atoms. The van der Waals surface area contributed by atoms with Gasteiger partial charge in [-0.25, -0.2) is 4.79 Å². The number of piperidine rings is 1. The molecular formula is C13H20N4O. The van der Waals surface area contributed by atoms with E-state index in [-0.39, 0.29) is 6.03 Å². The SMILES string of the molecule is CN1CCC(CNC(=O)Nc2cccnc2)CC1. The van der Waals surface area contributed by atoms with Gasteiger partial charge in [0.2, 0.25) is 0 Å². The average molecular weight is 248 g/mol. The Labute approximate surface area is 108 Å². The van der Waals surface area contributed by atoms with E-state index in [1.54, 1.807) is 18.5 Å². The van der Waals surface area contributed by atoms with E-state index in [0.29, 0.717) is 5.92 Å². The highest BCUT2D eigenvalue weighted by Gasteiger charge is 2.16. The first-order valence-corrected chi connectivity index (χ1v) is 6.37. The van der Waals surface area contributed by atoms with Crippen LogP contribution < -0.4 is 10.6 Å². The van der Waals surface area contributed by atoms with E-state index in [1.807, 2.05) is 6.07 Å². The van der Waals surface area contributed by atoms with Gasteiger partial charge in [-0.3, -0.25) is 4.98 Å². The minimum atomic E-state index is -0.151. The molecule has 1 saturated heterocycles. The van der Waals surface area contributed by atoms with E-state index < -0.39 is 0 Å². The Morgan fingerprint density at radius 3 is 2.94 bits per heavy atom. The van der Waals surface area contributed by atoms with E-state index in [4.69, 9.17) is 0 Å². The van der Waals surface area contributed by atoms with Crippen LogP contribution in [0.1, 0.15) is 12.8 Å². The molecule has 5 nitrogen and oxygen atoms in total. The van der Waals surface area contributed by atoms with Gasteiger partial charge in [0.25, 0.3) is 0 Å². The number of aromatic nitrogens is 1. The van der Waals surface area contributed by atoms with Crippen LogP contribution in [0.25, 0.3) is 0 Å². The lowest BCUT2D eigenvalue weighted by Crippen LogP contribution is -2.38. The Bertz CT molecular complexity index is 374. The molecule has 1 aliphatic rings. The van der Waals surface area contributed by atoms with Crippen LogP contribution in [0.3, 0.4) is 0 Å². The van der Waals surface area contributed by atoms with Crippen LogP contribution in [0.2, 0.25) is 0 Å². The van der Waals surface area contributed by atoms with Crippen molar-refractivity contribution >= 4 is 11.7 Å². The minimum Gasteiger partial charge on any atom is -0.338 e. The molecule has 0 atom stereocenters. The van der Waals surface area contributed by atoms with E-state index in [2.05, 4.69) is 27.6 Å². The maximum absolute atomic E-state index is 11.7. The second kappa shape index (κ2) is 6.35. The van der Waals surface area contributed by atoms with Gasteiger partial charge in [0.15, 0.2) is 0 Å². The normalized spacial score (nSPS) is 17.4. The fourth-order valence-corrected chi connectivity index (χ4v) is 2.12. The average Bonchev–Trinajstić information content (AvgIpc) is 2.39. The lowest BCUT2D eigenvalue weighted by molar-refractivity contribution is 0.213. The predicted molar refractivity (Wildman–Crippen MR) is 71.5 cm³/mol. The monoisotopic (exact) mass is 248 g/mol. The molecule has 18 heavy (non-hydrogen) atoms. The lowest BCUT2D eigenvalue weighted by atomic mass is 9.97. The van der Waals surface area contributed by atoms with Gasteiger partial charge in [0, 0.05) is 12.7 Å². The molecule has 1 aliphatic heterocycles. The first kappa shape index (κ1) is 12.8. The molecule has 0 unspecified atom stereocenters. The molecule has 0 saturated carbocycles. The molecule has 0 spiro atoms. The maximum Gasteiger partial charge on any atom is 0.319 e. The van der Waals surface area contributed by atoms with E-state index in [1.165, 1.54) is 0 Å². The summed E-state index contributed by atoms with van der Waals surface area (Å²) in [6.45, 7) is 2.99. The molecule has 0 aromatic carbocycles. The standard InChI is InChI=1S/C13H20N4O/c1-17-7-4-11(5-8-17)9-15-13(18)16-12-3-2-6-14-10-12/h2-3,6,10-11H,4-5,7-9H2,1H3,(H2,15,16,18). The van der Waals surface area contributed by atoms with E-state index in [0.717, 1.165) is 38.2 Å². The summed E-state index contributed by atoms with van der Waals surface area (Å²) in [6, 6.07) is 3.47. The Morgan fingerprint density at radius 1 is 1.50 bits per heavy atom. The number of carbonyl (C=O) groups is 1. The molecule has 2 heterocycles. The Hall–Kier alpha value is -1.62. The van der Waals surface area contributed by atoms with Crippen LogP contribution in [0.15, 0.2) is 24.5 Å². The van der Waals surface area contributed by atoms with Crippen molar-refractivity contribution in [2.24, 2.45) is 5.92 Å². The van der Waals surface area contributed by atoms with Crippen LogP contribution in [0.5, 0.6) is 0 Å². The summed E-state index contributed by atoms with van der Waals surface area (Å²) in [4.78, 5) is 17.9. The second-order valence-corrected chi connectivity index (χ2v) is 4.82. The van der Waals surface area contributed by atoms with Gasteiger partial charge < -0.3 is 15.5 Å². The number of hydrogen-bond donors (Lipinski definition) is 2. The smallest absolute Gasteiger partial charge is 0.319 e. The number of pyridine rings is 1. The highest BCUT2D eigenvalue weighted by Crippen LogP contribution is 2.14. The van der Waals surface area contributed by atoms with Crippen LogP contribution in [-0.2, 0) is 0 Å². The van der Waals surface area contributed by atoms with Gasteiger partial charge in [-0.2, -0.15) is 0 Å². The number of nitrogens with one attached hydrogen (secondary N) is 2. The van der Waals surface area contributed by atoms with Gasteiger partial charge in [-0.1, -0.05) is 0 Å². The zero-order chi connectivity index (χ0) is 12.8. The maximum atomic E-state index is 11.7. The first-order valence-electron chi connectivity index (χ1n) is 6.37. The van der Waals surface area contributed by atoms with Crippen molar-refractivity contribution in [3.63, 3.8) is 0 Å². The number of likely N-dealkylation sites (tertiary alicyclic amines) is 1. The molecule has 2 N–H and O–H groups in total. The van der Waals surface area contributed by atoms with Crippen molar-refractivity contribution in [2.45, 2.75) is 12.8 Å². The Kier molecular flexibility index (Phi) is 4.52. The highest BCUT2D eigenvalue weighted by molar-refractivity contribution is 5.88. The third-order valence-corrected chi connectivity index (χ3v) is 3.31. The fraction of sp³-hybridized carbons (Fsp3) is 0.538. The van der Waals surface area contributed by atoms with Gasteiger partial charge in [-0.15, -0.1) is 0 Å². The topological polar surface area (TPSA) is 57.3 Å². The molecule has 0 aliphatic carbocycles. The van der Waals surface area contributed by atoms with Gasteiger partial charge in [0.05, 0.1) is 11.9 Å². The summed E-state index contributed by atoms with van der Waals surface area (Å²) in [6.07, 6.45) is 5.63. The number of urea groups is 1. The molecule has 98 valence electrons. The fourth-order valence-electron chi connectivity index (χ4n) is 2.12. The van der Waals surface area contributed by atoms with Crippen molar-refractivity contribution in [1.82, 2.24) is 15.2 Å². The van der Waals surface area contributed by atoms with Crippen LogP contribution >= 0.6 is 0 Å². The number of amides is 2. The Balaban J connectivity index is 1.69. The zero-order valence-electron chi connectivity index (χ0n) is 10.7. The van der Waals surface area contributed by atoms with Gasteiger partial charge >= 0.3 is 6.03 Å². The molecule has 5 heteroatoms. The van der Waals surface area contributed by atoms with Gasteiger partial charge in [-0.05, 0) is 51.0 Å². The number of anilines is 1. The van der Waals surface area contributed by atoms with Crippen molar-refractivity contribution in [1.29, 1.82) is 0 Å². The third kappa shape index (κ3) is 4.00. The number of carbonyl (C=O) groups excluding carboxylic acids is 1. The van der Waals surface area contributed by atoms with E-state index >= 15 is 0 Å². The van der Waals surface area contributed by atoms with Crippen LogP contribution in [0, 0.1) is 5.92 Å². The summed E-state index contributed by atoms with van der Waals surface area (Å²) in [5.41, 5.74) is 0.721. The second-order valence-electron chi connectivity index (χ2n) is 4.82. The molecule has 2 rings (SSSR count). The molecule has 2 amide bonds. The largest absolute Gasteiger partial charge is 0.338 e. The quantitative estimate of drug-likeness (QED) is 0.853. The molecular weight excluding hydrogens is 228 g/mol. The zero-order valence-corrected chi connectivity index (χ0v) is 10.7. The highest BCUT2D eigenvalue weighted by atomic mass is 16.2. The summed E-state index contributed by atoms with van der Waals surface area (Å²) in [5, 5.41) is 5.69. The third-order valence-electron chi connectivity index (χ3n) is 3.31. The predicted octanol–water partition coefficient (Wildman–Crippen LogP) is 1.54. The molecule has 1 aromatic rings. The first-order chi connectivity index (χ1) is 8.74. The van der Waals surface area contributed by atoms with Gasteiger partial charge in [0.1, 0.15) is 0 Å². The lowest BCUT2D eigenvalue weighted by Gasteiger charge is -2.28. The van der Waals surface area contributed by atoms with Crippen LogP contribution in [0.4, 0.5) is 10.5 Å². The van der Waals surface area contributed by atoms with Crippen LogP contribution in [-0.4, -0.2) is 42.6 Å². The minimum absolute atomic E-state index is 0.151. The summed E-state index contributed by atoms with van der Waals surface area (Å²) in [7, 11) is 2.14. The number of hydrogen-bond acceptors (Lipinski definition) is 3. The molecule has 1 aromatic heterocycles. The van der Waals surface area contributed by atoms with Crippen molar-refractivity contribution in [3.8, 4) is 0 Å². The number of rotatable bonds is 3. The molecule has 0 radical (unpaired) electrons. The summed E-state index contributed by atoms with van der Waals surface area (Å²) < 4.78 is 0. The summed E-state index contributed by atoms with van der Waals surface area (Å²) in [5.74, 6) is 0.598. The number of nitrogens with zero attached hydrogens (tertiary/aromatic N) is 2. The van der Waals surface area contributed by atoms with Crippen molar-refractivity contribution in [3.05, 3.63) is 24.5 Å². The van der Waals surface area contributed by atoms with E-state index in [9.17, 15) is 4.79 Å². The summed E-state index contributed by atoms with van der Waals surface area (Å²) >= 11 is 0. The Morgan fingerprint density at radius 2 is 2.28 bits per heavy atom.